The molecule has 3 amide bonds. The Morgan fingerprint density at radius 1 is 1.20 bits per heavy atom. The van der Waals surface area contributed by atoms with Crippen LogP contribution in [0.3, 0.4) is 0 Å². The third-order valence-electron chi connectivity index (χ3n) is 8.36. The molecular weight excluding hydrogens is 506 g/mol. The SMILES string of the molecule is CC(C)C[C@@H](C(=O)N1C[C@]2(CC1C#N)C(=O)Nc1ccccc12)N(C)C(=O)c1cc2c(OC3CC3)cccc2[nH]1. The molecule has 206 valence electrons. The number of nitriles is 1. The van der Waals surface area contributed by atoms with Gasteiger partial charge in [-0.2, -0.15) is 5.26 Å². The molecule has 2 aromatic carbocycles. The van der Waals surface area contributed by atoms with E-state index in [0.717, 1.165) is 35.1 Å². The molecule has 40 heavy (non-hydrogen) atoms. The summed E-state index contributed by atoms with van der Waals surface area (Å²) in [5.41, 5.74) is 1.70. The van der Waals surface area contributed by atoms with Crippen molar-refractivity contribution in [1.82, 2.24) is 14.8 Å². The Kier molecular flexibility index (Phi) is 6.29. The van der Waals surface area contributed by atoms with Gasteiger partial charge in [-0.15, -0.1) is 0 Å². The molecule has 3 aliphatic rings. The lowest BCUT2D eigenvalue weighted by atomic mass is 9.80. The predicted molar refractivity (Wildman–Crippen MR) is 150 cm³/mol. The summed E-state index contributed by atoms with van der Waals surface area (Å²) in [5.74, 6) is 0.00882. The van der Waals surface area contributed by atoms with Crippen molar-refractivity contribution in [1.29, 1.82) is 5.26 Å². The van der Waals surface area contributed by atoms with Gasteiger partial charge in [0.25, 0.3) is 5.91 Å². The number of carbonyl (C=O) groups excluding carboxylic acids is 3. The zero-order valence-electron chi connectivity index (χ0n) is 22.9. The van der Waals surface area contributed by atoms with Crippen molar-refractivity contribution in [2.24, 2.45) is 5.92 Å². The van der Waals surface area contributed by atoms with Crippen LogP contribution in [0.1, 0.15) is 55.6 Å². The number of nitrogens with zero attached hydrogens (tertiary/aromatic N) is 3. The Hall–Kier alpha value is -4.32. The molecule has 3 aromatic rings. The second-order valence-corrected chi connectivity index (χ2v) is 11.7. The summed E-state index contributed by atoms with van der Waals surface area (Å²) in [4.78, 5) is 47.3. The summed E-state index contributed by atoms with van der Waals surface area (Å²) in [5, 5.41) is 13.8. The zero-order valence-corrected chi connectivity index (χ0v) is 22.9. The number of para-hydroxylation sites is 1. The number of fused-ring (bicyclic) bond motifs is 3. The second kappa shape index (κ2) is 9.70. The molecule has 2 N–H and O–H groups in total. The monoisotopic (exact) mass is 539 g/mol. The number of anilines is 1. The van der Waals surface area contributed by atoms with E-state index >= 15 is 0 Å². The van der Waals surface area contributed by atoms with E-state index in [4.69, 9.17) is 4.74 Å². The maximum Gasteiger partial charge on any atom is 0.270 e. The summed E-state index contributed by atoms with van der Waals surface area (Å²) >= 11 is 0. The van der Waals surface area contributed by atoms with Crippen LogP contribution >= 0.6 is 0 Å². The zero-order chi connectivity index (χ0) is 28.2. The highest BCUT2D eigenvalue weighted by Crippen LogP contribution is 2.46. The van der Waals surface area contributed by atoms with Gasteiger partial charge in [-0.25, -0.2) is 0 Å². The molecule has 3 atom stereocenters. The van der Waals surface area contributed by atoms with Gasteiger partial charge in [-0.3, -0.25) is 14.4 Å². The lowest BCUT2D eigenvalue weighted by molar-refractivity contribution is -0.136. The van der Waals surface area contributed by atoms with E-state index in [0.29, 0.717) is 17.8 Å². The quantitative estimate of drug-likeness (QED) is 0.466. The molecule has 1 saturated heterocycles. The van der Waals surface area contributed by atoms with E-state index in [9.17, 15) is 19.6 Å². The van der Waals surface area contributed by atoms with Crippen LogP contribution in [0.25, 0.3) is 10.9 Å². The van der Waals surface area contributed by atoms with Crippen molar-refractivity contribution in [2.45, 2.75) is 63.1 Å². The maximum atomic E-state index is 14.2. The molecule has 2 fully saturated rings. The van der Waals surface area contributed by atoms with Gasteiger partial charge in [-0.05, 0) is 55.0 Å². The van der Waals surface area contributed by atoms with E-state index in [2.05, 4.69) is 16.4 Å². The number of nitrogens with one attached hydrogen (secondary N) is 2. The topological polar surface area (TPSA) is 119 Å². The Morgan fingerprint density at radius 2 is 1.98 bits per heavy atom. The minimum Gasteiger partial charge on any atom is -0.490 e. The van der Waals surface area contributed by atoms with Gasteiger partial charge in [0.05, 0.1) is 17.6 Å². The third kappa shape index (κ3) is 4.28. The summed E-state index contributed by atoms with van der Waals surface area (Å²) in [6.07, 6.45) is 2.92. The Balaban J connectivity index is 1.29. The van der Waals surface area contributed by atoms with Crippen LogP contribution in [-0.4, -0.2) is 64.3 Å². The molecule has 2 aliphatic heterocycles. The van der Waals surface area contributed by atoms with E-state index in [1.165, 1.54) is 9.80 Å². The smallest absolute Gasteiger partial charge is 0.270 e. The summed E-state index contributed by atoms with van der Waals surface area (Å²) in [6.45, 7) is 4.09. The number of hydrogen-bond acceptors (Lipinski definition) is 5. The molecule has 3 heterocycles. The molecule has 1 saturated carbocycles. The first kappa shape index (κ1) is 25.9. The van der Waals surface area contributed by atoms with E-state index in [1.54, 1.807) is 13.1 Å². The number of H-pyrrole nitrogens is 1. The van der Waals surface area contributed by atoms with Gasteiger partial charge in [0, 0.05) is 36.6 Å². The number of carbonyl (C=O) groups is 3. The van der Waals surface area contributed by atoms with E-state index in [1.807, 2.05) is 56.3 Å². The molecule has 0 bridgehead atoms. The predicted octanol–water partition coefficient (Wildman–Crippen LogP) is 4.21. The number of aromatic nitrogens is 1. The van der Waals surface area contributed by atoms with Crippen molar-refractivity contribution in [3.63, 3.8) is 0 Å². The van der Waals surface area contributed by atoms with Crippen LogP contribution < -0.4 is 10.1 Å². The summed E-state index contributed by atoms with van der Waals surface area (Å²) in [7, 11) is 1.63. The molecule has 1 aliphatic carbocycles. The standard InChI is InChI=1S/C31H33N5O4/c1-18(2)13-26(35(3)28(37)25-14-21-23(33-25)9-6-10-27(21)40-20-11-12-20)29(38)36-17-31(15-19(36)16-32)22-7-4-5-8-24(22)34-30(31)39/h4-10,14,18-20,26,33H,11-13,15,17H2,1-3H3,(H,34,39)/t19?,26-,31-/m0/s1. The summed E-state index contributed by atoms with van der Waals surface area (Å²) < 4.78 is 6.03. The Morgan fingerprint density at radius 3 is 2.70 bits per heavy atom. The number of amides is 3. The van der Waals surface area contributed by atoms with Crippen LogP contribution in [0.2, 0.25) is 0 Å². The van der Waals surface area contributed by atoms with Crippen molar-refractivity contribution >= 4 is 34.3 Å². The molecule has 9 nitrogen and oxygen atoms in total. The van der Waals surface area contributed by atoms with Crippen molar-refractivity contribution in [2.75, 3.05) is 18.9 Å². The Bertz CT molecular complexity index is 1550. The summed E-state index contributed by atoms with van der Waals surface area (Å²) in [6, 6.07) is 15.6. The third-order valence-corrected chi connectivity index (χ3v) is 8.36. The van der Waals surface area contributed by atoms with Crippen LogP contribution in [0.5, 0.6) is 5.75 Å². The number of aromatic amines is 1. The number of likely N-dealkylation sites (tertiary alicyclic amines) is 1. The molecule has 1 spiro atoms. The van der Waals surface area contributed by atoms with Gasteiger partial charge < -0.3 is 24.8 Å². The highest BCUT2D eigenvalue weighted by Gasteiger charge is 2.56. The van der Waals surface area contributed by atoms with Crippen molar-refractivity contribution < 1.29 is 19.1 Å². The molecule has 1 unspecified atom stereocenters. The number of benzene rings is 2. The van der Waals surface area contributed by atoms with Crippen LogP contribution in [0, 0.1) is 17.2 Å². The largest absolute Gasteiger partial charge is 0.490 e. The molecule has 9 heteroatoms. The van der Waals surface area contributed by atoms with E-state index < -0.39 is 17.5 Å². The Labute approximate surface area is 233 Å². The normalized spacial score (nSPS) is 22.3. The van der Waals surface area contributed by atoms with E-state index in [-0.39, 0.29) is 42.7 Å². The van der Waals surface area contributed by atoms with Gasteiger partial charge in [0.1, 0.15) is 23.5 Å². The van der Waals surface area contributed by atoms with Crippen molar-refractivity contribution in [3.05, 3.63) is 59.8 Å². The minimum atomic E-state index is -0.979. The lowest BCUT2D eigenvalue weighted by Crippen LogP contribution is -2.52. The second-order valence-electron chi connectivity index (χ2n) is 11.7. The van der Waals surface area contributed by atoms with Crippen LogP contribution in [-0.2, 0) is 15.0 Å². The van der Waals surface area contributed by atoms with Crippen molar-refractivity contribution in [3.8, 4) is 11.8 Å². The van der Waals surface area contributed by atoms with Crippen LogP contribution in [0.15, 0.2) is 48.5 Å². The number of likely N-dealkylation sites (N-methyl/N-ethyl adjacent to an activating group) is 1. The first-order valence-corrected chi connectivity index (χ1v) is 13.9. The van der Waals surface area contributed by atoms with Gasteiger partial charge in [0.2, 0.25) is 11.8 Å². The fourth-order valence-corrected chi connectivity index (χ4v) is 6.09. The van der Waals surface area contributed by atoms with Gasteiger partial charge in [0.15, 0.2) is 0 Å². The first-order chi connectivity index (χ1) is 19.2. The fourth-order valence-electron chi connectivity index (χ4n) is 6.09. The number of ether oxygens (including phenoxy) is 1. The average Bonchev–Trinajstić information content (AvgIpc) is 3.40. The molecular formula is C31H33N5O4. The average molecular weight is 540 g/mol. The first-order valence-electron chi connectivity index (χ1n) is 13.9. The fraction of sp³-hybridized carbons (Fsp3) is 0.419. The van der Waals surface area contributed by atoms with Gasteiger partial charge in [-0.1, -0.05) is 38.1 Å². The molecule has 0 radical (unpaired) electrons. The number of hydrogen-bond donors (Lipinski definition) is 2. The minimum absolute atomic E-state index is 0.0950. The highest BCUT2D eigenvalue weighted by molar-refractivity contribution is 6.07. The highest BCUT2D eigenvalue weighted by atomic mass is 16.5. The lowest BCUT2D eigenvalue weighted by Gasteiger charge is -2.33. The van der Waals surface area contributed by atoms with Crippen LogP contribution in [0.4, 0.5) is 5.69 Å². The molecule has 1 aromatic heterocycles. The maximum absolute atomic E-state index is 14.2. The number of rotatable bonds is 7. The van der Waals surface area contributed by atoms with Gasteiger partial charge >= 0.3 is 0 Å². The molecule has 6 rings (SSSR count).